The lowest BCUT2D eigenvalue weighted by molar-refractivity contribution is -0.134. The average Bonchev–Trinajstić information content (AvgIpc) is 2.67. The highest BCUT2D eigenvalue weighted by molar-refractivity contribution is 5.85. The lowest BCUT2D eigenvalue weighted by Gasteiger charge is -2.32. The van der Waals surface area contributed by atoms with Gasteiger partial charge in [0.1, 0.15) is 5.82 Å². The number of nitrogens with one attached hydrogen (secondary N) is 1. The summed E-state index contributed by atoms with van der Waals surface area (Å²) in [6, 6.07) is 6.42. The summed E-state index contributed by atoms with van der Waals surface area (Å²) < 4.78 is 13.3. The molecule has 1 aliphatic heterocycles. The molecule has 27 heavy (non-hydrogen) atoms. The number of halogens is 1. The van der Waals surface area contributed by atoms with Crippen LogP contribution in [-0.2, 0) is 9.59 Å². The Bertz CT molecular complexity index is 608. The molecule has 1 N–H and O–H groups in total. The van der Waals surface area contributed by atoms with E-state index >= 15 is 0 Å². The fourth-order valence-electron chi connectivity index (χ4n) is 3.74. The molecule has 6 heteroatoms. The number of benzene rings is 1. The second-order valence-corrected chi connectivity index (χ2v) is 7.40. The first-order chi connectivity index (χ1) is 12.9. The van der Waals surface area contributed by atoms with Crippen LogP contribution in [0, 0.1) is 11.7 Å². The standard InChI is InChI=1S/C21H32FN3O2/c1-4-16(5-2)19(17-6-8-18(22)9-7-17)14-20(26)23-15-21(27)25-12-10-24(3)11-13-25/h6-9,16,19H,4-5,10-15H2,1-3H3,(H,23,26). The van der Waals surface area contributed by atoms with Crippen molar-refractivity contribution in [1.82, 2.24) is 15.1 Å². The van der Waals surface area contributed by atoms with Gasteiger partial charge in [0.15, 0.2) is 0 Å². The molecule has 1 aromatic rings. The van der Waals surface area contributed by atoms with Crippen LogP contribution in [0.25, 0.3) is 0 Å². The van der Waals surface area contributed by atoms with Gasteiger partial charge in [0.25, 0.3) is 0 Å². The summed E-state index contributed by atoms with van der Waals surface area (Å²) in [5.74, 6) is -0.0610. The second-order valence-electron chi connectivity index (χ2n) is 7.40. The lowest BCUT2D eigenvalue weighted by Crippen LogP contribution is -2.50. The number of hydrogen-bond donors (Lipinski definition) is 1. The molecular weight excluding hydrogens is 345 g/mol. The van der Waals surface area contributed by atoms with Crippen molar-refractivity contribution in [2.45, 2.75) is 39.0 Å². The van der Waals surface area contributed by atoms with Gasteiger partial charge in [0.2, 0.25) is 11.8 Å². The van der Waals surface area contributed by atoms with Gasteiger partial charge in [-0.2, -0.15) is 0 Å². The third-order valence-corrected chi connectivity index (χ3v) is 5.61. The summed E-state index contributed by atoms with van der Waals surface area (Å²) in [4.78, 5) is 28.8. The van der Waals surface area contributed by atoms with E-state index in [9.17, 15) is 14.0 Å². The summed E-state index contributed by atoms with van der Waals surface area (Å²) in [6.45, 7) is 7.40. The largest absolute Gasteiger partial charge is 0.347 e. The first-order valence-electron chi connectivity index (χ1n) is 9.93. The van der Waals surface area contributed by atoms with Crippen LogP contribution in [0.5, 0.6) is 0 Å². The molecule has 2 rings (SSSR count). The minimum atomic E-state index is -0.274. The Morgan fingerprint density at radius 1 is 1.07 bits per heavy atom. The van der Waals surface area contributed by atoms with Crippen molar-refractivity contribution in [3.05, 3.63) is 35.6 Å². The maximum absolute atomic E-state index is 13.3. The van der Waals surface area contributed by atoms with E-state index in [-0.39, 0.29) is 30.1 Å². The fourth-order valence-corrected chi connectivity index (χ4v) is 3.74. The maximum Gasteiger partial charge on any atom is 0.242 e. The lowest BCUT2D eigenvalue weighted by atomic mass is 9.80. The fraction of sp³-hybridized carbons (Fsp3) is 0.619. The zero-order valence-electron chi connectivity index (χ0n) is 16.7. The molecule has 1 aliphatic rings. The zero-order valence-corrected chi connectivity index (χ0v) is 16.7. The van der Waals surface area contributed by atoms with Crippen LogP contribution in [0.2, 0.25) is 0 Å². The van der Waals surface area contributed by atoms with E-state index in [1.807, 2.05) is 7.05 Å². The van der Waals surface area contributed by atoms with Crippen LogP contribution in [0.1, 0.15) is 44.6 Å². The quantitative estimate of drug-likeness (QED) is 0.758. The van der Waals surface area contributed by atoms with Crippen molar-refractivity contribution in [1.29, 1.82) is 0 Å². The number of rotatable bonds is 8. The first kappa shape index (κ1) is 21.4. The molecule has 1 aromatic carbocycles. The van der Waals surface area contributed by atoms with Gasteiger partial charge < -0.3 is 15.1 Å². The van der Waals surface area contributed by atoms with E-state index in [1.165, 1.54) is 12.1 Å². The zero-order chi connectivity index (χ0) is 19.8. The molecule has 0 aliphatic carbocycles. The summed E-state index contributed by atoms with van der Waals surface area (Å²) in [5, 5.41) is 2.79. The Hall–Kier alpha value is -1.95. The SMILES string of the molecule is CCC(CC)C(CC(=O)NCC(=O)N1CCN(C)CC1)c1ccc(F)cc1. The number of carbonyl (C=O) groups is 2. The van der Waals surface area contributed by atoms with E-state index in [2.05, 4.69) is 24.1 Å². The molecular formula is C21H32FN3O2. The Morgan fingerprint density at radius 3 is 2.22 bits per heavy atom. The summed E-state index contributed by atoms with van der Waals surface area (Å²) in [6.07, 6.45) is 2.21. The van der Waals surface area contributed by atoms with E-state index in [0.29, 0.717) is 25.4 Å². The van der Waals surface area contributed by atoms with Crippen LogP contribution >= 0.6 is 0 Å². The minimum Gasteiger partial charge on any atom is -0.347 e. The average molecular weight is 378 g/mol. The van der Waals surface area contributed by atoms with Crippen LogP contribution < -0.4 is 5.32 Å². The molecule has 150 valence electrons. The molecule has 2 amide bonds. The van der Waals surface area contributed by atoms with Gasteiger partial charge in [-0.25, -0.2) is 4.39 Å². The molecule has 0 bridgehead atoms. The smallest absolute Gasteiger partial charge is 0.242 e. The maximum atomic E-state index is 13.3. The molecule has 0 aromatic heterocycles. The summed E-state index contributed by atoms with van der Waals surface area (Å²) >= 11 is 0. The minimum absolute atomic E-state index is 0.0272. The van der Waals surface area contributed by atoms with Gasteiger partial charge >= 0.3 is 0 Å². The number of nitrogens with zero attached hydrogens (tertiary/aromatic N) is 2. The number of piperazine rings is 1. The van der Waals surface area contributed by atoms with Crippen molar-refractivity contribution >= 4 is 11.8 Å². The molecule has 1 saturated heterocycles. The van der Waals surface area contributed by atoms with Gasteiger partial charge in [-0.15, -0.1) is 0 Å². The second kappa shape index (κ2) is 10.4. The van der Waals surface area contributed by atoms with E-state index in [0.717, 1.165) is 31.5 Å². The topological polar surface area (TPSA) is 52.7 Å². The van der Waals surface area contributed by atoms with Crippen LogP contribution in [0.3, 0.4) is 0 Å². The van der Waals surface area contributed by atoms with Crippen LogP contribution in [0.4, 0.5) is 4.39 Å². The Labute approximate surface area is 161 Å². The van der Waals surface area contributed by atoms with Crippen molar-refractivity contribution < 1.29 is 14.0 Å². The van der Waals surface area contributed by atoms with Crippen molar-refractivity contribution in [2.24, 2.45) is 5.92 Å². The highest BCUT2D eigenvalue weighted by Crippen LogP contribution is 2.32. The molecule has 0 spiro atoms. The molecule has 0 saturated carbocycles. The van der Waals surface area contributed by atoms with Crippen LogP contribution in [0.15, 0.2) is 24.3 Å². The predicted octanol–water partition coefficient (Wildman–Crippen LogP) is 2.63. The predicted molar refractivity (Wildman–Crippen MR) is 105 cm³/mol. The molecule has 5 nitrogen and oxygen atoms in total. The van der Waals surface area contributed by atoms with Gasteiger partial charge in [-0.05, 0) is 36.6 Å². The summed E-state index contributed by atoms with van der Waals surface area (Å²) in [7, 11) is 2.04. The number of hydrogen-bond acceptors (Lipinski definition) is 3. The summed E-state index contributed by atoms with van der Waals surface area (Å²) in [5.41, 5.74) is 0.977. The Balaban J connectivity index is 1.93. The number of likely N-dealkylation sites (N-methyl/N-ethyl adjacent to an activating group) is 1. The highest BCUT2D eigenvalue weighted by atomic mass is 19.1. The highest BCUT2D eigenvalue weighted by Gasteiger charge is 2.24. The van der Waals surface area contributed by atoms with Crippen molar-refractivity contribution in [2.75, 3.05) is 39.8 Å². The van der Waals surface area contributed by atoms with E-state index in [4.69, 9.17) is 0 Å². The van der Waals surface area contributed by atoms with Crippen molar-refractivity contribution in [3.63, 3.8) is 0 Å². The van der Waals surface area contributed by atoms with Gasteiger partial charge in [0.05, 0.1) is 6.54 Å². The normalized spacial score (nSPS) is 16.4. The molecule has 1 atom stereocenters. The van der Waals surface area contributed by atoms with Crippen LogP contribution in [-0.4, -0.2) is 61.4 Å². The number of amides is 2. The third-order valence-electron chi connectivity index (χ3n) is 5.61. The Morgan fingerprint density at radius 2 is 1.67 bits per heavy atom. The van der Waals surface area contributed by atoms with Crippen molar-refractivity contribution in [3.8, 4) is 0 Å². The molecule has 1 unspecified atom stereocenters. The van der Waals surface area contributed by atoms with E-state index < -0.39 is 0 Å². The van der Waals surface area contributed by atoms with Gasteiger partial charge in [0, 0.05) is 32.6 Å². The first-order valence-corrected chi connectivity index (χ1v) is 9.93. The third kappa shape index (κ3) is 6.31. The van der Waals surface area contributed by atoms with Gasteiger partial charge in [-0.1, -0.05) is 38.8 Å². The Kier molecular flexibility index (Phi) is 8.23. The molecule has 1 heterocycles. The number of carbonyl (C=O) groups excluding carboxylic acids is 2. The molecule has 0 radical (unpaired) electrons. The molecule has 1 fully saturated rings. The van der Waals surface area contributed by atoms with Gasteiger partial charge in [-0.3, -0.25) is 9.59 Å². The van der Waals surface area contributed by atoms with E-state index in [1.54, 1.807) is 17.0 Å². The monoisotopic (exact) mass is 377 g/mol.